The van der Waals surface area contributed by atoms with Crippen LogP contribution in [0.25, 0.3) is 0 Å². The molecule has 16 heavy (non-hydrogen) atoms. The molecule has 0 atom stereocenters. The van der Waals surface area contributed by atoms with Gasteiger partial charge in [0.2, 0.25) is 0 Å². The van der Waals surface area contributed by atoms with Crippen LogP contribution in [-0.2, 0) is 12.2 Å². The average Bonchev–Trinajstić information content (AvgIpc) is 2.69. The number of piperidine rings is 1. The quantitative estimate of drug-likeness (QED) is 0.771. The number of hydrogen-bond acceptors (Lipinski definition) is 4. The Kier molecular flexibility index (Phi) is 2.81. The summed E-state index contributed by atoms with van der Waals surface area (Å²) in [6.07, 6.45) is 3.50. The van der Waals surface area contributed by atoms with Crippen molar-refractivity contribution in [1.29, 1.82) is 0 Å². The van der Waals surface area contributed by atoms with Crippen molar-refractivity contribution in [3.8, 4) is 0 Å². The smallest absolute Gasteiger partial charge is 0.149 e. The van der Waals surface area contributed by atoms with E-state index in [1.807, 2.05) is 11.8 Å². The van der Waals surface area contributed by atoms with E-state index in [2.05, 4.69) is 15.1 Å². The van der Waals surface area contributed by atoms with Crippen molar-refractivity contribution < 1.29 is 0 Å². The predicted molar refractivity (Wildman–Crippen MR) is 67.6 cm³/mol. The van der Waals surface area contributed by atoms with Crippen LogP contribution in [0.15, 0.2) is 0 Å². The first kappa shape index (κ1) is 10.5. The highest BCUT2D eigenvalue weighted by Gasteiger charge is 2.24. The number of anilines is 1. The Balaban J connectivity index is 1.93. The number of nitrogens with zero attached hydrogens (tertiary/aromatic N) is 2. The minimum atomic E-state index is 0.565. The number of rotatable bonds is 1. The number of hydrogen-bond donors (Lipinski definition) is 2. The summed E-state index contributed by atoms with van der Waals surface area (Å²) in [5.74, 6) is 3.02. The lowest BCUT2D eigenvalue weighted by Crippen LogP contribution is -2.30. The maximum Gasteiger partial charge on any atom is 0.149 e. The fourth-order valence-electron chi connectivity index (χ4n) is 2.64. The molecule has 0 spiro atoms. The summed E-state index contributed by atoms with van der Waals surface area (Å²) in [5.41, 5.74) is 8.71. The van der Waals surface area contributed by atoms with Crippen molar-refractivity contribution in [1.82, 2.24) is 15.1 Å². The molecule has 1 aromatic heterocycles. The third-order valence-corrected chi connectivity index (χ3v) is 4.52. The molecule has 0 aromatic carbocycles. The standard InChI is InChI=1S/C11H18N4S/c12-11-9-7-16-6-3-10(9)15(14-11)8-1-4-13-5-2-8/h8,13H,1-7H2,(H2,12,14). The van der Waals surface area contributed by atoms with Crippen molar-refractivity contribution in [2.75, 3.05) is 24.6 Å². The molecule has 2 aliphatic heterocycles. The average molecular weight is 238 g/mol. The van der Waals surface area contributed by atoms with Crippen molar-refractivity contribution in [3.63, 3.8) is 0 Å². The molecule has 2 aliphatic rings. The zero-order chi connectivity index (χ0) is 11.0. The van der Waals surface area contributed by atoms with Gasteiger partial charge in [-0.1, -0.05) is 0 Å². The van der Waals surface area contributed by atoms with Gasteiger partial charge < -0.3 is 11.1 Å². The van der Waals surface area contributed by atoms with Crippen molar-refractivity contribution in [2.24, 2.45) is 0 Å². The topological polar surface area (TPSA) is 55.9 Å². The maximum atomic E-state index is 6.01. The molecule has 88 valence electrons. The minimum absolute atomic E-state index is 0.565. The normalized spacial score (nSPS) is 22.0. The lowest BCUT2D eigenvalue weighted by molar-refractivity contribution is 0.336. The predicted octanol–water partition coefficient (Wildman–Crippen LogP) is 1.18. The highest BCUT2D eigenvalue weighted by atomic mass is 32.2. The largest absolute Gasteiger partial charge is 0.382 e. The Morgan fingerprint density at radius 3 is 3.00 bits per heavy atom. The molecule has 3 rings (SSSR count). The zero-order valence-electron chi connectivity index (χ0n) is 9.41. The number of nitrogen functional groups attached to an aromatic ring is 1. The molecule has 3 heterocycles. The molecular formula is C11H18N4S. The van der Waals surface area contributed by atoms with Crippen LogP contribution in [0.4, 0.5) is 5.82 Å². The fraction of sp³-hybridized carbons (Fsp3) is 0.727. The van der Waals surface area contributed by atoms with Crippen LogP contribution in [0.1, 0.15) is 30.1 Å². The molecule has 0 unspecified atom stereocenters. The summed E-state index contributed by atoms with van der Waals surface area (Å²) in [7, 11) is 0. The first-order chi connectivity index (χ1) is 7.86. The second-order valence-electron chi connectivity index (χ2n) is 4.54. The number of thioether (sulfide) groups is 1. The third kappa shape index (κ3) is 1.72. The summed E-state index contributed by atoms with van der Waals surface area (Å²) in [5, 5.41) is 7.96. The summed E-state index contributed by atoms with van der Waals surface area (Å²) >= 11 is 1.97. The Morgan fingerprint density at radius 1 is 1.38 bits per heavy atom. The van der Waals surface area contributed by atoms with E-state index in [1.54, 1.807) is 0 Å². The molecule has 0 radical (unpaired) electrons. The van der Waals surface area contributed by atoms with Gasteiger partial charge in [-0.05, 0) is 38.1 Å². The van der Waals surface area contributed by atoms with E-state index in [0.29, 0.717) is 6.04 Å². The first-order valence-electron chi connectivity index (χ1n) is 6.00. The summed E-state index contributed by atoms with van der Waals surface area (Å²) in [4.78, 5) is 0. The van der Waals surface area contributed by atoms with E-state index in [1.165, 1.54) is 29.9 Å². The van der Waals surface area contributed by atoms with Crippen molar-refractivity contribution in [3.05, 3.63) is 11.3 Å². The maximum absolute atomic E-state index is 6.01. The van der Waals surface area contributed by atoms with Crippen LogP contribution in [0.3, 0.4) is 0 Å². The molecule has 4 nitrogen and oxygen atoms in total. The molecule has 5 heteroatoms. The highest BCUT2D eigenvalue weighted by molar-refractivity contribution is 7.98. The van der Waals surface area contributed by atoms with Gasteiger partial charge in [0.1, 0.15) is 5.82 Å². The van der Waals surface area contributed by atoms with Gasteiger partial charge in [-0.2, -0.15) is 16.9 Å². The summed E-state index contributed by atoms with van der Waals surface area (Å²) in [6, 6.07) is 0.565. The monoisotopic (exact) mass is 238 g/mol. The van der Waals surface area contributed by atoms with Gasteiger partial charge in [0.25, 0.3) is 0 Å². The molecule has 0 saturated carbocycles. The first-order valence-corrected chi connectivity index (χ1v) is 7.16. The van der Waals surface area contributed by atoms with Crippen LogP contribution >= 0.6 is 11.8 Å². The lowest BCUT2D eigenvalue weighted by atomic mass is 10.1. The van der Waals surface area contributed by atoms with Crippen LogP contribution < -0.4 is 11.1 Å². The second kappa shape index (κ2) is 4.30. The van der Waals surface area contributed by atoms with Crippen LogP contribution in [0.5, 0.6) is 0 Å². The highest BCUT2D eigenvalue weighted by Crippen LogP contribution is 2.32. The molecule has 0 bridgehead atoms. The molecular weight excluding hydrogens is 220 g/mol. The number of nitrogens with two attached hydrogens (primary N) is 1. The zero-order valence-corrected chi connectivity index (χ0v) is 10.2. The van der Waals surface area contributed by atoms with Gasteiger partial charge in [0, 0.05) is 17.0 Å². The van der Waals surface area contributed by atoms with Crippen molar-refractivity contribution >= 4 is 17.6 Å². The Hall–Kier alpha value is -0.680. The fourth-order valence-corrected chi connectivity index (χ4v) is 3.64. The van der Waals surface area contributed by atoms with E-state index in [4.69, 9.17) is 5.73 Å². The van der Waals surface area contributed by atoms with E-state index in [-0.39, 0.29) is 0 Å². The molecule has 1 saturated heterocycles. The van der Waals surface area contributed by atoms with E-state index in [0.717, 1.165) is 31.1 Å². The Labute approximate surface area is 100.0 Å². The molecule has 1 fully saturated rings. The van der Waals surface area contributed by atoms with Gasteiger partial charge in [-0.15, -0.1) is 0 Å². The van der Waals surface area contributed by atoms with Crippen molar-refractivity contribution in [2.45, 2.75) is 31.1 Å². The molecule has 3 N–H and O–H groups in total. The van der Waals surface area contributed by atoms with Gasteiger partial charge >= 0.3 is 0 Å². The summed E-state index contributed by atoms with van der Waals surface area (Å²) < 4.78 is 2.23. The van der Waals surface area contributed by atoms with Gasteiger partial charge in [-0.3, -0.25) is 4.68 Å². The van der Waals surface area contributed by atoms with Gasteiger partial charge in [0.05, 0.1) is 6.04 Å². The van der Waals surface area contributed by atoms with Gasteiger partial charge in [-0.25, -0.2) is 0 Å². The van der Waals surface area contributed by atoms with E-state index >= 15 is 0 Å². The van der Waals surface area contributed by atoms with Crippen LogP contribution in [0, 0.1) is 0 Å². The Bertz CT molecular complexity index is 382. The minimum Gasteiger partial charge on any atom is -0.382 e. The van der Waals surface area contributed by atoms with Gasteiger partial charge in [0.15, 0.2) is 0 Å². The molecule has 0 aliphatic carbocycles. The van der Waals surface area contributed by atoms with E-state index < -0.39 is 0 Å². The molecule has 1 aromatic rings. The van der Waals surface area contributed by atoms with Crippen LogP contribution in [0.2, 0.25) is 0 Å². The van der Waals surface area contributed by atoms with E-state index in [9.17, 15) is 0 Å². The number of aromatic nitrogens is 2. The number of nitrogens with one attached hydrogen (secondary N) is 1. The third-order valence-electron chi connectivity index (χ3n) is 3.53. The summed E-state index contributed by atoms with van der Waals surface area (Å²) in [6.45, 7) is 2.21. The molecule has 0 amide bonds. The Morgan fingerprint density at radius 2 is 2.19 bits per heavy atom. The number of fused-ring (bicyclic) bond motifs is 1. The SMILES string of the molecule is Nc1nn(C2CCNCC2)c2c1CSCC2. The lowest BCUT2D eigenvalue weighted by Gasteiger charge is -2.25. The second-order valence-corrected chi connectivity index (χ2v) is 5.64. The van der Waals surface area contributed by atoms with Crippen LogP contribution in [-0.4, -0.2) is 28.6 Å².